The van der Waals surface area contributed by atoms with Crippen molar-refractivity contribution in [3.63, 3.8) is 0 Å². The summed E-state index contributed by atoms with van der Waals surface area (Å²) in [6.45, 7) is 0. The smallest absolute Gasteiger partial charge is 0.408 e. The van der Waals surface area contributed by atoms with E-state index in [1.54, 1.807) is 6.07 Å². The number of anilines is 1. The zero-order valence-corrected chi connectivity index (χ0v) is 10.7. The van der Waals surface area contributed by atoms with Gasteiger partial charge in [-0.1, -0.05) is 11.6 Å². The van der Waals surface area contributed by atoms with Crippen LogP contribution in [0.4, 0.5) is 16.2 Å². The summed E-state index contributed by atoms with van der Waals surface area (Å²) in [5, 5.41) is 13.3. The molecule has 1 aromatic heterocycles. The molecule has 102 valence electrons. The van der Waals surface area contributed by atoms with Crippen LogP contribution in [0.1, 0.15) is 0 Å². The van der Waals surface area contributed by atoms with Gasteiger partial charge in [-0.05, 0) is 24.3 Å². The Kier molecular flexibility index (Phi) is 4.11. The number of nitro benzene ring substituents is 1. The molecule has 0 aliphatic rings. The highest BCUT2D eigenvalue weighted by Gasteiger charge is 2.17. The summed E-state index contributed by atoms with van der Waals surface area (Å²) >= 11 is 5.67. The molecule has 0 spiro atoms. The SMILES string of the molecule is O=C(Nc1ccc(Cl)cc1[N+](=O)[O-])Oc1cccnc1. The molecule has 0 radical (unpaired) electrons. The molecule has 7 nitrogen and oxygen atoms in total. The van der Waals surface area contributed by atoms with Crippen molar-refractivity contribution in [1.82, 2.24) is 4.98 Å². The highest BCUT2D eigenvalue weighted by Crippen LogP contribution is 2.27. The molecule has 1 N–H and O–H groups in total. The Balaban J connectivity index is 2.14. The van der Waals surface area contributed by atoms with E-state index in [0.29, 0.717) is 0 Å². The molecule has 1 heterocycles. The van der Waals surface area contributed by atoms with Crippen molar-refractivity contribution in [3.05, 3.63) is 57.9 Å². The number of carbonyl (C=O) groups excluding carboxylic acids is 1. The molecule has 0 bridgehead atoms. The van der Waals surface area contributed by atoms with E-state index in [9.17, 15) is 14.9 Å². The third kappa shape index (κ3) is 3.42. The normalized spacial score (nSPS) is 9.85. The predicted molar refractivity (Wildman–Crippen MR) is 72.0 cm³/mol. The summed E-state index contributed by atoms with van der Waals surface area (Å²) in [5.74, 6) is 0.224. The van der Waals surface area contributed by atoms with Crippen LogP contribution in [0.2, 0.25) is 5.02 Å². The molecule has 8 heteroatoms. The van der Waals surface area contributed by atoms with Crippen LogP contribution in [0, 0.1) is 10.1 Å². The molecular weight excluding hydrogens is 286 g/mol. The van der Waals surface area contributed by atoms with Crippen molar-refractivity contribution in [2.45, 2.75) is 0 Å². The minimum Gasteiger partial charge on any atom is -0.408 e. The lowest BCUT2D eigenvalue weighted by Gasteiger charge is -2.06. The Labute approximate surface area is 118 Å². The lowest BCUT2D eigenvalue weighted by molar-refractivity contribution is -0.383. The summed E-state index contributed by atoms with van der Waals surface area (Å²) in [5.41, 5.74) is -0.325. The quantitative estimate of drug-likeness (QED) is 0.692. The van der Waals surface area contributed by atoms with Crippen LogP contribution in [0.15, 0.2) is 42.7 Å². The molecule has 0 saturated heterocycles. The van der Waals surface area contributed by atoms with Crippen LogP contribution in [0.3, 0.4) is 0 Å². The number of rotatable bonds is 3. The fraction of sp³-hybridized carbons (Fsp3) is 0. The minimum absolute atomic E-state index is 0.00621. The number of carbonyl (C=O) groups is 1. The molecule has 1 aromatic carbocycles. The van der Waals surface area contributed by atoms with Crippen LogP contribution >= 0.6 is 11.6 Å². The molecule has 1 amide bonds. The Morgan fingerprint density at radius 1 is 1.40 bits per heavy atom. The number of ether oxygens (including phenoxy) is 1. The van der Waals surface area contributed by atoms with Gasteiger partial charge in [-0.2, -0.15) is 0 Å². The molecule has 2 aromatic rings. The largest absolute Gasteiger partial charge is 0.417 e. The van der Waals surface area contributed by atoms with Gasteiger partial charge in [-0.3, -0.25) is 20.4 Å². The summed E-state index contributed by atoms with van der Waals surface area (Å²) in [7, 11) is 0. The second-order valence-corrected chi connectivity index (χ2v) is 4.06. The molecule has 2 rings (SSSR count). The average molecular weight is 294 g/mol. The van der Waals surface area contributed by atoms with Gasteiger partial charge < -0.3 is 4.74 Å². The standard InChI is InChI=1S/C12H8ClN3O4/c13-8-3-4-10(11(6-8)16(18)19)15-12(17)20-9-2-1-5-14-7-9/h1-7H,(H,15,17). The number of nitro groups is 1. The fourth-order valence-corrected chi connectivity index (χ4v) is 1.58. The van der Waals surface area contributed by atoms with E-state index in [1.807, 2.05) is 0 Å². The highest BCUT2D eigenvalue weighted by atomic mass is 35.5. The summed E-state index contributed by atoms with van der Waals surface area (Å²) in [6.07, 6.45) is 2.01. The molecule has 0 fully saturated rings. The maximum Gasteiger partial charge on any atom is 0.417 e. The molecule has 0 unspecified atom stereocenters. The fourth-order valence-electron chi connectivity index (χ4n) is 1.41. The lowest BCUT2D eigenvalue weighted by Crippen LogP contribution is -2.17. The van der Waals surface area contributed by atoms with E-state index in [2.05, 4.69) is 10.3 Å². The van der Waals surface area contributed by atoms with E-state index in [1.165, 1.54) is 30.6 Å². The number of hydrogen-bond donors (Lipinski definition) is 1. The molecule has 0 aliphatic heterocycles. The molecular formula is C12H8ClN3O4. The third-order valence-electron chi connectivity index (χ3n) is 2.24. The molecule has 0 atom stereocenters. The Bertz CT molecular complexity index is 648. The van der Waals surface area contributed by atoms with Crippen molar-refractivity contribution < 1.29 is 14.5 Å². The van der Waals surface area contributed by atoms with Gasteiger partial charge in [0.1, 0.15) is 5.69 Å². The number of amides is 1. The van der Waals surface area contributed by atoms with Gasteiger partial charge in [-0.15, -0.1) is 0 Å². The number of nitrogens with zero attached hydrogens (tertiary/aromatic N) is 2. The summed E-state index contributed by atoms with van der Waals surface area (Å²) in [4.78, 5) is 25.6. The first-order valence-electron chi connectivity index (χ1n) is 5.39. The Morgan fingerprint density at radius 2 is 2.20 bits per heavy atom. The first-order valence-corrected chi connectivity index (χ1v) is 5.77. The van der Waals surface area contributed by atoms with Gasteiger partial charge in [0.15, 0.2) is 5.75 Å². The highest BCUT2D eigenvalue weighted by molar-refractivity contribution is 6.31. The van der Waals surface area contributed by atoms with Crippen LogP contribution < -0.4 is 10.1 Å². The number of pyridine rings is 1. The first-order chi connectivity index (χ1) is 9.56. The minimum atomic E-state index is -0.858. The zero-order valence-electron chi connectivity index (χ0n) is 9.95. The summed E-state index contributed by atoms with van der Waals surface area (Å²) < 4.78 is 4.92. The maximum atomic E-state index is 11.6. The van der Waals surface area contributed by atoms with Gasteiger partial charge in [-0.25, -0.2) is 4.79 Å². The van der Waals surface area contributed by atoms with E-state index in [0.717, 1.165) is 6.07 Å². The van der Waals surface area contributed by atoms with Crippen LogP contribution in [-0.4, -0.2) is 16.0 Å². The molecule has 0 aliphatic carbocycles. The van der Waals surface area contributed by atoms with E-state index in [4.69, 9.17) is 16.3 Å². The Hall–Kier alpha value is -2.67. The van der Waals surface area contributed by atoms with Gasteiger partial charge in [0.25, 0.3) is 5.69 Å². The second kappa shape index (κ2) is 5.98. The third-order valence-corrected chi connectivity index (χ3v) is 2.47. The number of nitrogens with one attached hydrogen (secondary N) is 1. The van der Waals surface area contributed by atoms with E-state index < -0.39 is 11.0 Å². The number of hydrogen-bond acceptors (Lipinski definition) is 5. The van der Waals surface area contributed by atoms with Crippen molar-refractivity contribution in [1.29, 1.82) is 0 Å². The number of aromatic nitrogens is 1. The zero-order chi connectivity index (χ0) is 14.5. The maximum absolute atomic E-state index is 11.6. The predicted octanol–water partition coefficient (Wildman–Crippen LogP) is 3.25. The molecule has 0 saturated carbocycles. The molecule has 20 heavy (non-hydrogen) atoms. The van der Waals surface area contributed by atoms with Crippen molar-refractivity contribution >= 4 is 29.1 Å². The van der Waals surface area contributed by atoms with Crippen molar-refractivity contribution in [3.8, 4) is 5.75 Å². The Morgan fingerprint density at radius 3 is 2.85 bits per heavy atom. The van der Waals surface area contributed by atoms with Gasteiger partial charge in [0, 0.05) is 17.3 Å². The van der Waals surface area contributed by atoms with Crippen LogP contribution in [0.5, 0.6) is 5.75 Å². The van der Waals surface area contributed by atoms with Crippen LogP contribution in [0.25, 0.3) is 0 Å². The van der Waals surface area contributed by atoms with Crippen molar-refractivity contribution in [2.75, 3.05) is 5.32 Å². The summed E-state index contributed by atoms with van der Waals surface area (Å²) in [6, 6.07) is 7.01. The van der Waals surface area contributed by atoms with Crippen molar-refractivity contribution in [2.24, 2.45) is 0 Å². The van der Waals surface area contributed by atoms with Gasteiger partial charge >= 0.3 is 6.09 Å². The number of halogens is 1. The van der Waals surface area contributed by atoms with Gasteiger partial charge in [0.05, 0.1) is 11.1 Å². The number of benzene rings is 1. The topological polar surface area (TPSA) is 94.4 Å². The van der Waals surface area contributed by atoms with E-state index >= 15 is 0 Å². The lowest BCUT2D eigenvalue weighted by atomic mass is 10.2. The monoisotopic (exact) mass is 293 g/mol. The van der Waals surface area contributed by atoms with Gasteiger partial charge in [0.2, 0.25) is 0 Å². The average Bonchev–Trinajstić information content (AvgIpc) is 2.41. The van der Waals surface area contributed by atoms with E-state index in [-0.39, 0.29) is 22.1 Å². The first kappa shape index (κ1) is 13.8. The second-order valence-electron chi connectivity index (χ2n) is 3.62. The van der Waals surface area contributed by atoms with Crippen LogP contribution in [-0.2, 0) is 0 Å².